The Morgan fingerprint density at radius 1 is 0.264 bits per heavy atom. The average molecular weight is 1610 g/mol. The molecule has 110 heavy (non-hydrogen) atoms. The first-order valence-electron chi connectivity index (χ1n) is 47.0. The number of hydrogen-bond donors (Lipinski definition) is 3. The lowest BCUT2D eigenvalue weighted by Gasteiger charge is -2.21. The number of unbranched alkanes of at least 4 members (excludes halogenated alkanes) is 59. The third kappa shape index (κ3) is 82.6. The van der Waals surface area contributed by atoms with Crippen molar-refractivity contribution in [1.82, 2.24) is 0 Å². The van der Waals surface area contributed by atoms with E-state index in [4.69, 9.17) is 37.0 Å². The number of carbonyl (C=O) groups is 4. The zero-order valence-corrected chi connectivity index (χ0v) is 74.4. The van der Waals surface area contributed by atoms with E-state index in [1.54, 1.807) is 0 Å². The zero-order valence-electron chi connectivity index (χ0n) is 72.6. The first kappa shape index (κ1) is 108. The quantitative estimate of drug-likeness (QED) is 0.0222. The first-order chi connectivity index (χ1) is 53.4. The van der Waals surface area contributed by atoms with Crippen LogP contribution < -0.4 is 0 Å². The predicted molar refractivity (Wildman–Crippen MR) is 455 cm³/mol. The van der Waals surface area contributed by atoms with Gasteiger partial charge in [-0.3, -0.25) is 37.3 Å². The highest BCUT2D eigenvalue weighted by Crippen LogP contribution is 2.45. The fourth-order valence-corrected chi connectivity index (χ4v) is 15.9. The van der Waals surface area contributed by atoms with Gasteiger partial charge in [0.05, 0.1) is 26.4 Å². The highest BCUT2D eigenvalue weighted by atomic mass is 31.2. The molecule has 0 aliphatic rings. The van der Waals surface area contributed by atoms with Crippen molar-refractivity contribution in [3.8, 4) is 0 Å². The van der Waals surface area contributed by atoms with Crippen molar-refractivity contribution in [2.45, 2.75) is 509 Å². The van der Waals surface area contributed by atoms with Crippen molar-refractivity contribution in [3.05, 3.63) is 0 Å². The summed E-state index contributed by atoms with van der Waals surface area (Å²) in [7, 11) is -9.94. The SMILES string of the molecule is CCCCCCCCCCCCCCCCCCCCCCC(=O)OC[C@H](COP(=O)(O)OC[C@@H](O)COP(=O)(O)OC[C@@H](COC(=O)CCCCCCCCCCCCCCC)OC(=O)CCCCCCCCCCCCCCC(C)C)OC(=O)CCCCCCCCCCCCCCCCCCCCC(C)CC. The molecule has 0 aromatic heterocycles. The Balaban J connectivity index is 5.25. The lowest BCUT2D eigenvalue weighted by molar-refractivity contribution is -0.161. The number of phosphoric ester groups is 2. The van der Waals surface area contributed by atoms with Crippen molar-refractivity contribution >= 4 is 39.5 Å². The Bertz CT molecular complexity index is 2100. The molecule has 19 heteroatoms. The van der Waals surface area contributed by atoms with Gasteiger partial charge in [0, 0.05) is 25.7 Å². The van der Waals surface area contributed by atoms with Gasteiger partial charge in [-0.15, -0.1) is 0 Å². The van der Waals surface area contributed by atoms with E-state index in [1.165, 1.54) is 308 Å². The number of aliphatic hydroxyl groups is 1. The van der Waals surface area contributed by atoms with Crippen LogP contribution in [0.3, 0.4) is 0 Å². The number of carbonyl (C=O) groups excluding carboxylic acids is 4. The summed E-state index contributed by atoms with van der Waals surface area (Å²) in [5, 5.41) is 10.7. The van der Waals surface area contributed by atoms with Crippen molar-refractivity contribution in [2.24, 2.45) is 11.8 Å². The molecule has 0 spiro atoms. The van der Waals surface area contributed by atoms with Gasteiger partial charge in [-0.05, 0) is 37.5 Å². The minimum Gasteiger partial charge on any atom is -0.462 e. The van der Waals surface area contributed by atoms with Crippen LogP contribution in [0.25, 0.3) is 0 Å². The van der Waals surface area contributed by atoms with Crippen LogP contribution in [0, 0.1) is 11.8 Å². The molecule has 0 radical (unpaired) electrons. The van der Waals surface area contributed by atoms with Crippen molar-refractivity contribution in [1.29, 1.82) is 0 Å². The molecule has 6 atom stereocenters. The maximum atomic E-state index is 13.2. The highest BCUT2D eigenvalue weighted by Gasteiger charge is 2.31. The largest absolute Gasteiger partial charge is 0.472 e. The van der Waals surface area contributed by atoms with Crippen LogP contribution in [0.5, 0.6) is 0 Å². The number of esters is 4. The van der Waals surface area contributed by atoms with E-state index in [1.807, 2.05) is 0 Å². The van der Waals surface area contributed by atoms with E-state index in [9.17, 15) is 43.2 Å². The molecule has 0 saturated carbocycles. The molecule has 0 fully saturated rings. The minimum atomic E-state index is -4.97. The topological polar surface area (TPSA) is 237 Å². The smallest absolute Gasteiger partial charge is 0.462 e. The molecule has 0 heterocycles. The molecule has 0 aliphatic carbocycles. The van der Waals surface area contributed by atoms with Crippen LogP contribution in [0.2, 0.25) is 0 Å². The normalized spacial score (nSPS) is 14.0. The molecule has 0 saturated heterocycles. The van der Waals surface area contributed by atoms with Crippen molar-refractivity contribution < 1.29 is 80.2 Å². The van der Waals surface area contributed by atoms with E-state index in [-0.39, 0.29) is 25.7 Å². The molecule has 3 unspecified atom stereocenters. The second kappa shape index (κ2) is 82.2. The average Bonchev–Trinajstić information content (AvgIpc) is 0.897. The number of phosphoric acid groups is 2. The first-order valence-corrected chi connectivity index (χ1v) is 50.0. The summed E-state index contributed by atoms with van der Waals surface area (Å²) >= 11 is 0. The summed E-state index contributed by atoms with van der Waals surface area (Å²) < 4.78 is 69.1. The predicted octanol–water partition coefficient (Wildman–Crippen LogP) is 28.2. The summed E-state index contributed by atoms with van der Waals surface area (Å²) in [5.41, 5.74) is 0. The zero-order chi connectivity index (χ0) is 80.6. The monoisotopic (exact) mass is 1610 g/mol. The maximum absolute atomic E-state index is 13.2. The van der Waals surface area contributed by atoms with E-state index in [2.05, 4.69) is 41.5 Å². The van der Waals surface area contributed by atoms with Crippen LogP contribution in [-0.2, 0) is 65.4 Å². The number of rotatable bonds is 90. The fourth-order valence-electron chi connectivity index (χ4n) is 14.3. The van der Waals surface area contributed by atoms with Gasteiger partial charge in [0.15, 0.2) is 12.2 Å². The van der Waals surface area contributed by atoms with Crippen LogP contribution in [0.4, 0.5) is 0 Å². The summed E-state index contributed by atoms with van der Waals surface area (Å²) in [6.45, 7) is 9.78. The van der Waals surface area contributed by atoms with E-state index < -0.39 is 97.5 Å². The van der Waals surface area contributed by atoms with Gasteiger partial charge >= 0.3 is 39.5 Å². The van der Waals surface area contributed by atoms with Gasteiger partial charge in [0.25, 0.3) is 0 Å². The highest BCUT2D eigenvalue weighted by molar-refractivity contribution is 7.47. The van der Waals surface area contributed by atoms with Gasteiger partial charge < -0.3 is 33.8 Å². The minimum absolute atomic E-state index is 0.108. The number of hydrogen-bond acceptors (Lipinski definition) is 15. The number of aliphatic hydroxyl groups excluding tert-OH is 1. The second-order valence-corrected chi connectivity index (χ2v) is 36.3. The fraction of sp³-hybridized carbons (Fsp3) is 0.956. The van der Waals surface area contributed by atoms with Gasteiger partial charge in [-0.2, -0.15) is 0 Å². The van der Waals surface area contributed by atoms with E-state index in [0.29, 0.717) is 25.7 Å². The molecule has 0 amide bonds. The Morgan fingerprint density at radius 3 is 0.691 bits per heavy atom. The molecule has 0 aromatic rings. The third-order valence-corrected chi connectivity index (χ3v) is 23.7. The Labute approximate surface area is 677 Å². The Kier molecular flexibility index (Phi) is 80.7. The van der Waals surface area contributed by atoms with Crippen molar-refractivity contribution in [2.75, 3.05) is 39.6 Å². The Morgan fingerprint density at radius 2 is 0.464 bits per heavy atom. The molecule has 3 N–H and O–H groups in total. The lowest BCUT2D eigenvalue weighted by Crippen LogP contribution is -2.30. The summed E-state index contributed by atoms with van der Waals surface area (Å²) in [4.78, 5) is 73.4. The van der Waals surface area contributed by atoms with Gasteiger partial charge in [0.2, 0.25) is 0 Å². The molecular formula is C91H178O17P2. The van der Waals surface area contributed by atoms with Crippen LogP contribution in [-0.4, -0.2) is 96.7 Å². The summed E-state index contributed by atoms with van der Waals surface area (Å²) in [5.74, 6) is -0.447. The van der Waals surface area contributed by atoms with Gasteiger partial charge in [0.1, 0.15) is 19.3 Å². The third-order valence-electron chi connectivity index (χ3n) is 21.8. The maximum Gasteiger partial charge on any atom is 0.472 e. The van der Waals surface area contributed by atoms with Crippen LogP contribution >= 0.6 is 15.6 Å². The van der Waals surface area contributed by atoms with E-state index >= 15 is 0 Å². The van der Waals surface area contributed by atoms with Gasteiger partial charge in [-0.1, -0.05) is 440 Å². The van der Waals surface area contributed by atoms with Crippen molar-refractivity contribution in [3.63, 3.8) is 0 Å². The van der Waals surface area contributed by atoms with Gasteiger partial charge in [-0.25, -0.2) is 9.13 Å². The molecule has 0 rings (SSSR count). The second-order valence-electron chi connectivity index (χ2n) is 33.4. The standard InChI is InChI=1S/C91H178O17P2/c1-7-10-12-14-16-18-20-22-23-24-25-26-30-33-37-44-50-56-62-68-74-89(94)102-80-86(107-90(95)75-69-63-57-51-45-38-34-31-28-27-29-32-36-42-48-54-60-66-72-84(6)9-3)81-105-109(97,98)103-77-85(92)78-104-110(99,100)106-82-87(79-101-88(93)73-67-61-55-49-43-35-21-19-17-15-13-11-8-2)108-91(96)76-70-64-58-52-46-40-39-41-47-53-59-65-71-83(4)5/h83-87,92H,7-82H2,1-6H3,(H,97,98)(H,99,100)/t84?,85-,86-,87-/m1/s1. The summed E-state index contributed by atoms with van der Waals surface area (Å²) in [6, 6.07) is 0. The molecule has 654 valence electrons. The summed E-state index contributed by atoms with van der Waals surface area (Å²) in [6.07, 6.45) is 76.3. The van der Waals surface area contributed by atoms with E-state index in [0.717, 1.165) is 102 Å². The molecule has 17 nitrogen and oxygen atoms in total. The molecule has 0 aromatic carbocycles. The molecular weight excluding hydrogens is 1430 g/mol. The Hall–Kier alpha value is -1.94. The van der Waals surface area contributed by atoms with Crippen LogP contribution in [0.1, 0.15) is 491 Å². The lowest BCUT2D eigenvalue weighted by atomic mass is 9.99. The molecule has 0 bridgehead atoms. The molecule has 0 aliphatic heterocycles. The van der Waals surface area contributed by atoms with Crippen LogP contribution in [0.15, 0.2) is 0 Å². The number of ether oxygens (including phenoxy) is 4.